The Morgan fingerprint density at radius 1 is 1.30 bits per heavy atom. The zero-order valence-corrected chi connectivity index (χ0v) is 21.2. The van der Waals surface area contributed by atoms with Crippen molar-refractivity contribution in [3.8, 4) is 0 Å². The summed E-state index contributed by atoms with van der Waals surface area (Å²) in [6.07, 6.45) is 2.21. The maximum Gasteiger partial charge on any atom is 0.307 e. The average Bonchev–Trinajstić information content (AvgIpc) is 3.06. The number of carboxylic acids is 1. The van der Waals surface area contributed by atoms with Crippen LogP contribution in [0.4, 0.5) is 0 Å². The highest BCUT2D eigenvalue weighted by Crippen LogP contribution is 2.39. The second-order valence-electron chi connectivity index (χ2n) is 9.87. The highest BCUT2D eigenvalue weighted by Gasteiger charge is 2.41. The van der Waals surface area contributed by atoms with Crippen LogP contribution in [0.25, 0.3) is 0 Å². The van der Waals surface area contributed by atoms with Crippen molar-refractivity contribution in [1.82, 2.24) is 25.2 Å². The third-order valence-electron chi connectivity index (χ3n) is 4.95. The second kappa shape index (κ2) is 10.1. The lowest BCUT2D eigenvalue weighted by Crippen LogP contribution is -2.36. The molecule has 8 nitrogen and oxygen atoms in total. The molecule has 166 valence electrons. The average molecular weight is 498 g/mol. The van der Waals surface area contributed by atoms with E-state index in [9.17, 15) is 9.90 Å². The molecule has 2 atom stereocenters. The van der Waals surface area contributed by atoms with E-state index < -0.39 is 31.3 Å². The van der Waals surface area contributed by atoms with E-state index in [1.165, 1.54) is 0 Å². The Morgan fingerprint density at radius 2 is 2.00 bits per heavy atom. The number of ether oxygens (including phenoxy) is 1. The van der Waals surface area contributed by atoms with Gasteiger partial charge in [-0.1, -0.05) is 46.5 Å². The minimum Gasteiger partial charge on any atom is -0.481 e. The van der Waals surface area contributed by atoms with E-state index in [4.69, 9.17) is 4.74 Å². The smallest absolute Gasteiger partial charge is 0.307 e. The van der Waals surface area contributed by atoms with Crippen molar-refractivity contribution >= 4 is 30.0 Å². The van der Waals surface area contributed by atoms with Crippen LogP contribution in [0, 0.1) is 11.3 Å². The number of pyridine rings is 1. The Labute approximate surface area is 187 Å². The van der Waals surface area contributed by atoms with E-state index in [2.05, 4.69) is 56.1 Å². The standard InChI is InChI=1S/C20H32BrN5O3Si/c1-20(2,3)17(19(27)28)15(11-14-7-8-16(21)22-12-14)18-23-24-25-26(18)13-29-9-10-30(4,5)6/h7-8,12,15,17H,9-11,13H2,1-6H3,(H,27,28)/t15-,17+/m1/s1. The Kier molecular flexibility index (Phi) is 8.29. The van der Waals surface area contributed by atoms with E-state index in [0.29, 0.717) is 18.9 Å². The van der Waals surface area contributed by atoms with E-state index in [-0.39, 0.29) is 6.73 Å². The molecule has 0 saturated carbocycles. The molecule has 10 heteroatoms. The largest absolute Gasteiger partial charge is 0.481 e. The number of hydrogen-bond donors (Lipinski definition) is 1. The first-order valence-electron chi connectivity index (χ1n) is 10.1. The molecule has 0 aliphatic heterocycles. The Balaban J connectivity index is 2.31. The summed E-state index contributed by atoms with van der Waals surface area (Å²) < 4.78 is 8.14. The minimum atomic E-state index is -1.20. The second-order valence-corrected chi connectivity index (χ2v) is 16.3. The van der Waals surface area contributed by atoms with Gasteiger partial charge in [-0.3, -0.25) is 4.79 Å². The fourth-order valence-electron chi connectivity index (χ4n) is 3.38. The molecule has 1 N–H and O–H groups in total. The van der Waals surface area contributed by atoms with Crippen LogP contribution in [0.1, 0.15) is 38.1 Å². The van der Waals surface area contributed by atoms with Crippen LogP contribution in [0.15, 0.2) is 22.9 Å². The van der Waals surface area contributed by atoms with Gasteiger partial charge in [0.15, 0.2) is 5.82 Å². The molecule has 0 aliphatic rings. The predicted octanol–water partition coefficient (Wildman–Crippen LogP) is 4.22. The van der Waals surface area contributed by atoms with Crippen LogP contribution in [0.2, 0.25) is 25.7 Å². The molecule has 0 radical (unpaired) electrons. The molecule has 0 spiro atoms. The Morgan fingerprint density at radius 3 is 2.53 bits per heavy atom. The van der Waals surface area contributed by atoms with Crippen LogP contribution in [0.3, 0.4) is 0 Å². The van der Waals surface area contributed by atoms with Crippen molar-refractivity contribution < 1.29 is 14.6 Å². The molecule has 2 aromatic rings. The number of halogens is 1. The quantitative estimate of drug-likeness (QED) is 0.297. The first-order valence-corrected chi connectivity index (χ1v) is 14.6. The number of nitrogens with zero attached hydrogens (tertiary/aromatic N) is 5. The van der Waals surface area contributed by atoms with Crippen LogP contribution in [-0.4, -0.2) is 50.9 Å². The highest BCUT2D eigenvalue weighted by atomic mass is 79.9. The summed E-state index contributed by atoms with van der Waals surface area (Å²) in [7, 11) is -1.20. The van der Waals surface area contributed by atoms with Gasteiger partial charge in [0.25, 0.3) is 0 Å². The molecule has 0 unspecified atom stereocenters. The third-order valence-corrected chi connectivity index (χ3v) is 7.12. The van der Waals surface area contributed by atoms with Crippen LogP contribution < -0.4 is 0 Å². The van der Waals surface area contributed by atoms with Crippen LogP contribution >= 0.6 is 15.9 Å². The van der Waals surface area contributed by atoms with Gasteiger partial charge in [-0.25, -0.2) is 9.67 Å². The minimum absolute atomic E-state index is 0.207. The molecule has 0 aliphatic carbocycles. The lowest BCUT2D eigenvalue weighted by Gasteiger charge is -2.33. The lowest BCUT2D eigenvalue weighted by atomic mass is 9.71. The van der Waals surface area contributed by atoms with E-state index in [1.54, 1.807) is 10.9 Å². The molecular formula is C20H32BrN5O3Si. The maximum atomic E-state index is 12.3. The Hall–Kier alpha value is -1.65. The van der Waals surface area contributed by atoms with Crippen molar-refractivity contribution in [2.24, 2.45) is 11.3 Å². The van der Waals surface area contributed by atoms with Gasteiger partial charge in [0.2, 0.25) is 0 Å². The number of carbonyl (C=O) groups is 1. The van der Waals surface area contributed by atoms with Crippen molar-refractivity contribution in [3.05, 3.63) is 34.3 Å². The van der Waals surface area contributed by atoms with Crippen molar-refractivity contribution in [3.63, 3.8) is 0 Å². The molecule has 30 heavy (non-hydrogen) atoms. The molecule has 0 aromatic carbocycles. The summed E-state index contributed by atoms with van der Waals surface area (Å²) in [6, 6.07) is 4.82. The van der Waals surface area contributed by atoms with Gasteiger partial charge in [-0.15, -0.1) is 5.10 Å². The summed E-state index contributed by atoms with van der Waals surface area (Å²) in [5.41, 5.74) is 0.433. The SMILES string of the molecule is CC(C)(C)[C@H](C(=O)O)[C@@H](Cc1ccc(Br)nc1)c1nnnn1COCC[Si](C)(C)C. The van der Waals surface area contributed by atoms with Gasteiger partial charge in [-0.05, 0) is 55.9 Å². The van der Waals surface area contributed by atoms with E-state index >= 15 is 0 Å². The molecule has 0 amide bonds. The summed E-state index contributed by atoms with van der Waals surface area (Å²) in [5.74, 6) is -1.46. The fourth-order valence-corrected chi connectivity index (χ4v) is 4.38. The first-order chi connectivity index (χ1) is 13.9. The molecule has 0 bridgehead atoms. The lowest BCUT2D eigenvalue weighted by molar-refractivity contribution is -0.146. The van der Waals surface area contributed by atoms with Gasteiger partial charge < -0.3 is 9.84 Å². The number of tetrazole rings is 1. The van der Waals surface area contributed by atoms with Crippen molar-refractivity contribution in [2.75, 3.05) is 6.61 Å². The first kappa shape index (κ1) is 24.6. The molecule has 2 rings (SSSR count). The highest BCUT2D eigenvalue weighted by molar-refractivity contribution is 9.10. The topological polar surface area (TPSA) is 103 Å². The monoisotopic (exact) mass is 497 g/mol. The normalized spacial score (nSPS) is 14.5. The number of rotatable bonds is 10. The summed E-state index contributed by atoms with van der Waals surface area (Å²) in [5, 5.41) is 22.2. The summed E-state index contributed by atoms with van der Waals surface area (Å²) >= 11 is 3.34. The van der Waals surface area contributed by atoms with E-state index in [0.717, 1.165) is 16.2 Å². The third kappa shape index (κ3) is 7.24. The number of aliphatic carboxylic acids is 1. The zero-order chi connectivity index (χ0) is 22.5. The molecule has 2 aromatic heterocycles. The van der Waals surface area contributed by atoms with Crippen molar-refractivity contribution in [2.45, 2.75) is 65.5 Å². The fraction of sp³-hybridized carbons (Fsp3) is 0.650. The number of aromatic nitrogens is 5. The van der Waals surface area contributed by atoms with Gasteiger partial charge in [0.1, 0.15) is 11.3 Å². The van der Waals surface area contributed by atoms with Gasteiger partial charge >= 0.3 is 5.97 Å². The molecular weight excluding hydrogens is 466 g/mol. The predicted molar refractivity (Wildman–Crippen MR) is 121 cm³/mol. The van der Waals surface area contributed by atoms with Gasteiger partial charge in [-0.2, -0.15) is 0 Å². The van der Waals surface area contributed by atoms with E-state index in [1.807, 2.05) is 32.9 Å². The molecule has 0 fully saturated rings. The molecule has 0 saturated heterocycles. The number of hydrogen-bond acceptors (Lipinski definition) is 6. The summed E-state index contributed by atoms with van der Waals surface area (Å²) in [6.45, 7) is 13.5. The Bertz CT molecular complexity index is 830. The molecule has 2 heterocycles. The summed E-state index contributed by atoms with van der Waals surface area (Å²) in [4.78, 5) is 16.6. The number of carboxylic acid groups (broad SMARTS) is 1. The van der Waals surface area contributed by atoms with Crippen LogP contribution in [0.5, 0.6) is 0 Å². The maximum absolute atomic E-state index is 12.3. The van der Waals surface area contributed by atoms with Gasteiger partial charge in [0, 0.05) is 26.8 Å². The zero-order valence-electron chi connectivity index (χ0n) is 18.6. The van der Waals surface area contributed by atoms with Gasteiger partial charge in [0.05, 0.1) is 5.92 Å². The van der Waals surface area contributed by atoms with Crippen LogP contribution in [-0.2, 0) is 22.7 Å². The van der Waals surface area contributed by atoms with Crippen molar-refractivity contribution in [1.29, 1.82) is 0 Å².